The second kappa shape index (κ2) is 5.05. The van der Waals surface area contributed by atoms with E-state index in [1.165, 1.54) is 0 Å². The molecule has 0 aliphatic rings. The van der Waals surface area contributed by atoms with Gasteiger partial charge in [0.1, 0.15) is 5.69 Å². The van der Waals surface area contributed by atoms with Crippen molar-refractivity contribution in [1.29, 1.82) is 0 Å². The van der Waals surface area contributed by atoms with E-state index in [9.17, 15) is 0 Å². The van der Waals surface area contributed by atoms with Crippen LogP contribution in [0.3, 0.4) is 0 Å². The molecule has 0 radical (unpaired) electrons. The van der Waals surface area contributed by atoms with Gasteiger partial charge in [-0.15, -0.1) is 0 Å². The molecule has 1 atom stereocenters. The number of pyridine rings is 1. The van der Waals surface area contributed by atoms with Crippen LogP contribution in [-0.4, -0.2) is 21.2 Å². The Labute approximate surface area is 100 Å². The highest BCUT2D eigenvalue weighted by Crippen LogP contribution is 2.18. The third-order valence-corrected chi connectivity index (χ3v) is 2.45. The summed E-state index contributed by atoms with van der Waals surface area (Å²) in [5, 5.41) is 3.94. The van der Waals surface area contributed by atoms with Crippen molar-refractivity contribution >= 4 is 0 Å². The molecule has 0 fully saturated rings. The maximum Gasteiger partial charge on any atom is 0.228 e. The highest BCUT2D eigenvalue weighted by Gasteiger charge is 2.13. The van der Waals surface area contributed by atoms with Gasteiger partial charge in [-0.05, 0) is 25.0 Å². The summed E-state index contributed by atoms with van der Waals surface area (Å²) in [6.45, 7) is 3.98. The summed E-state index contributed by atoms with van der Waals surface area (Å²) in [6, 6.07) is 3.94. The van der Waals surface area contributed by atoms with E-state index in [2.05, 4.69) is 22.0 Å². The molecule has 90 valence electrons. The van der Waals surface area contributed by atoms with Crippen molar-refractivity contribution in [2.24, 2.45) is 5.73 Å². The van der Waals surface area contributed by atoms with E-state index in [4.69, 9.17) is 10.3 Å². The Bertz CT molecular complexity index is 493. The molecule has 5 heteroatoms. The van der Waals surface area contributed by atoms with Crippen LogP contribution in [0.1, 0.15) is 25.3 Å². The molecule has 2 N–H and O–H groups in total. The standard InChI is InChI=1S/C12H16N4O/c1-3-9-5-4-6-14-11(9)12-15-10(17-16-12)7-8(2)13/h4-6,8H,3,7,13H2,1-2H3. The second-order valence-electron chi connectivity index (χ2n) is 4.06. The number of hydrogen-bond donors (Lipinski definition) is 1. The lowest BCUT2D eigenvalue weighted by atomic mass is 10.1. The van der Waals surface area contributed by atoms with Crippen molar-refractivity contribution in [3.8, 4) is 11.5 Å². The Balaban J connectivity index is 2.30. The Kier molecular flexibility index (Phi) is 3.49. The van der Waals surface area contributed by atoms with E-state index in [1.54, 1.807) is 6.20 Å². The first-order chi connectivity index (χ1) is 8.20. The molecule has 17 heavy (non-hydrogen) atoms. The maximum absolute atomic E-state index is 5.69. The summed E-state index contributed by atoms with van der Waals surface area (Å²) in [5.74, 6) is 1.10. The zero-order valence-corrected chi connectivity index (χ0v) is 10.1. The van der Waals surface area contributed by atoms with E-state index in [0.29, 0.717) is 18.1 Å². The van der Waals surface area contributed by atoms with Crippen molar-refractivity contribution in [2.45, 2.75) is 32.7 Å². The molecule has 0 bridgehead atoms. The summed E-state index contributed by atoms with van der Waals surface area (Å²) in [4.78, 5) is 8.60. The summed E-state index contributed by atoms with van der Waals surface area (Å²) in [7, 11) is 0. The van der Waals surface area contributed by atoms with Crippen LogP contribution in [0, 0.1) is 0 Å². The predicted octanol–water partition coefficient (Wildman–Crippen LogP) is 1.58. The van der Waals surface area contributed by atoms with Crippen LogP contribution in [0.2, 0.25) is 0 Å². The third-order valence-electron chi connectivity index (χ3n) is 2.45. The van der Waals surface area contributed by atoms with Crippen LogP contribution >= 0.6 is 0 Å². The Hall–Kier alpha value is -1.75. The van der Waals surface area contributed by atoms with Gasteiger partial charge in [0, 0.05) is 18.7 Å². The third kappa shape index (κ3) is 2.68. The zero-order valence-electron chi connectivity index (χ0n) is 10.1. The van der Waals surface area contributed by atoms with Crippen molar-refractivity contribution < 1.29 is 4.52 Å². The minimum atomic E-state index is 0.0117. The summed E-state index contributed by atoms with van der Waals surface area (Å²) in [6.07, 6.45) is 3.21. The fraction of sp³-hybridized carbons (Fsp3) is 0.417. The van der Waals surface area contributed by atoms with Crippen LogP contribution in [-0.2, 0) is 12.8 Å². The average molecular weight is 232 g/mol. The molecular weight excluding hydrogens is 216 g/mol. The number of aromatic nitrogens is 3. The molecule has 5 nitrogen and oxygen atoms in total. The van der Waals surface area contributed by atoms with E-state index in [1.807, 2.05) is 19.1 Å². The molecule has 0 spiro atoms. The first kappa shape index (κ1) is 11.7. The second-order valence-corrected chi connectivity index (χ2v) is 4.06. The van der Waals surface area contributed by atoms with Gasteiger partial charge in [0.2, 0.25) is 11.7 Å². The van der Waals surface area contributed by atoms with Crippen molar-refractivity contribution in [2.75, 3.05) is 0 Å². The summed E-state index contributed by atoms with van der Waals surface area (Å²) < 4.78 is 5.15. The number of nitrogens with zero attached hydrogens (tertiary/aromatic N) is 3. The normalized spacial score (nSPS) is 12.6. The minimum Gasteiger partial charge on any atom is -0.339 e. The molecule has 0 saturated carbocycles. The van der Waals surface area contributed by atoms with Gasteiger partial charge in [-0.25, -0.2) is 0 Å². The van der Waals surface area contributed by atoms with Crippen molar-refractivity contribution in [3.63, 3.8) is 0 Å². The molecule has 0 aliphatic heterocycles. The van der Waals surface area contributed by atoms with Gasteiger partial charge in [0.25, 0.3) is 0 Å². The average Bonchev–Trinajstić information content (AvgIpc) is 2.76. The van der Waals surface area contributed by atoms with Crippen molar-refractivity contribution in [3.05, 3.63) is 29.8 Å². The number of rotatable bonds is 4. The van der Waals surface area contributed by atoms with Crippen LogP contribution in [0.15, 0.2) is 22.9 Å². The van der Waals surface area contributed by atoms with E-state index >= 15 is 0 Å². The SMILES string of the molecule is CCc1cccnc1-c1noc(CC(C)N)n1. The van der Waals surface area contributed by atoms with E-state index in [-0.39, 0.29) is 6.04 Å². The maximum atomic E-state index is 5.69. The molecular formula is C12H16N4O. The highest BCUT2D eigenvalue weighted by atomic mass is 16.5. The molecule has 0 saturated heterocycles. The number of nitrogens with two attached hydrogens (primary N) is 1. The van der Waals surface area contributed by atoms with Gasteiger partial charge in [0.05, 0.1) is 0 Å². The molecule has 0 amide bonds. The van der Waals surface area contributed by atoms with Gasteiger partial charge < -0.3 is 10.3 Å². The molecule has 1 unspecified atom stereocenters. The topological polar surface area (TPSA) is 77.8 Å². The van der Waals surface area contributed by atoms with Gasteiger partial charge in [-0.2, -0.15) is 4.98 Å². The van der Waals surface area contributed by atoms with Crippen LogP contribution in [0.25, 0.3) is 11.5 Å². The first-order valence-corrected chi connectivity index (χ1v) is 5.73. The minimum absolute atomic E-state index is 0.0117. The smallest absolute Gasteiger partial charge is 0.228 e. The highest BCUT2D eigenvalue weighted by molar-refractivity contribution is 5.53. The van der Waals surface area contributed by atoms with Crippen LogP contribution < -0.4 is 5.73 Å². The van der Waals surface area contributed by atoms with Gasteiger partial charge >= 0.3 is 0 Å². The molecule has 2 heterocycles. The number of hydrogen-bond acceptors (Lipinski definition) is 5. The Morgan fingerprint density at radius 3 is 3.00 bits per heavy atom. The molecule has 0 aliphatic carbocycles. The summed E-state index contributed by atoms with van der Waals surface area (Å²) in [5.41, 5.74) is 7.58. The largest absolute Gasteiger partial charge is 0.339 e. The summed E-state index contributed by atoms with van der Waals surface area (Å²) >= 11 is 0. The molecule has 2 aromatic heterocycles. The lowest BCUT2D eigenvalue weighted by Crippen LogP contribution is -2.17. The van der Waals surface area contributed by atoms with Gasteiger partial charge in [-0.3, -0.25) is 4.98 Å². The molecule has 2 aromatic rings. The van der Waals surface area contributed by atoms with Gasteiger partial charge in [-0.1, -0.05) is 18.1 Å². The Morgan fingerprint density at radius 1 is 1.47 bits per heavy atom. The monoisotopic (exact) mass is 232 g/mol. The van der Waals surface area contributed by atoms with E-state index < -0.39 is 0 Å². The molecule has 2 rings (SSSR count). The van der Waals surface area contributed by atoms with Crippen molar-refractivity contribution in [1.82, 2.24) is 15.1 Å². The predicted molar refractivity (Wildman–Crippen MR) is 64.3 cm³/mol. The quantitative estimate of drug-likeness (QED) is 0.866. The zero-order chi connectivity index (χ0) is 12.3. The number of aryl methyl sites for hydroxylation is 1. The van der Waals surface area contributed by atoms with Crippen LogP contribution in [0.5, 0.6) is 0 Å². The lowest BCUT2D eigenvalue weighted by Gasteiger charge is -2.00. The Morgan fingerprint density at radius 2 is 2.29 bits per heavy atom. The fourth-order valence-electron chi connectivity index (χ4n) is 1.63. The fourth-order valence-corrected chi connectivity index (χ4v) is 1.63. The van der Waals surface area contributed by atoms with Gasteiger partial charge in [0.15, 0.2) is 0 Å². The van der Waals surface area contributed by atoms with Crippen LogP contribution in [0.4, 0.5) is 0 Å². The first-order valence-electron chi connectivity index (χ1n) is 5.73. The van der Waals surface area contributed by atoms with E-state index in [0.717, 1.165) is 17.7 Å². The molecule has 0 aromatic carbocycles. The lowest BCUT2D eigenvalue weighted by molar-refractivity contribution is 0.372.